The van der Waals surface area contributed by atoms with E-state index in [1.165, 1.54) is 11.1 Å². The van der Waals surface area contributed by atoms with Gasteiger partial charge in [0.1, 0.15) is 0 Å². The van der Waals surface area contributed by atoms with Crippen LogP contribution in [0.25, 0.3) is 0 Å². The zero-order valence-corrected chi connectivity index (χ0v) is 8.13. The molecule has 0 radical (unpaired) electrons. The van der Waals surface area contributed by atoms with Crippen molar-refractivity contribution in [1.29, 1.82) is 10.8 Å². The lowest BCUT2D eigenvalue weighted by molar-refractivity contribution is 0.562. The Balaban J connectivity index is -0.000000177. The molecule has 0 spiro atoms. The smallest absolute Gasteiger partial charge is 0.222 e. The third-order valence-electron chi connectivity index (χ3n) is 1.43. The van der Waals surface area contributed by atoms with Crippen molar-refractivity contribution < 1.29 is 9.59 Å². The minimum atomic E-state index is 0. The molecule has 0 amide bonds. The molecule has 0 bridgehead atoms. The summed E-state index contributed by atoms with van der Waals surface area (Å²) in [5, 5.41) is 10.8. The molecule has 4 nitrogen and oxygen atoms in total. The Kier molecular flexibility index (Phi) is 18.1. The molecule has 0 aliphatic carbocycles. The van der Waals surface area contributed by atoms with Gasteiger partial charge in [-0.2, -0.15) is 0 Å². The number of carbonyl (C=O) groups excluding carboxylic acids is 2. The van der Waals surface area contributed by atoms with Crippen LogP contribution in [0.1, 0.15) is 18.6 Å². The van der Waals surface area contributed by atoms with E-state index >= 15 is 0 Å². The molecule has 0 saturated heterocycles. The molecule has 0 unspecified atom stereocenters. The van der Waals surface area contributed by atoms with Gasteiger partial charge in [0.2, 0.25) is 12.2 Å². The van der Waals surface area contributed by atoms with Crippen molar-refractivity contribution in [1.82, 2.24) is 0 Å². The lowest BCUT2D eigenvalue weighted by Crippen LogP contribution is -1.74. The summed E-state index contributed by atoms with van der Waals surface area (Å²) in [6, 6.07) is 8.36. The number of hydrogen-bond acceptors (Lipinski definition) is 4. The fourth-order valence-corrected chi connectivity index (χ4v) is 0.663. The summed E-state index contributed by atoms with van der Waals surface area (Å²) in [6.45, 7) is 4.24. The second-order valence-electron chi connectivity index (χ2n) is 2.29. The van der Waals surface area contributed by atoms with Crippen LogP contribution in [0.2, 0.25) is 0 Å². The molecule has 2 N–H and O–H groups in total. The predicted octanol–water partition coefficient (Wildman–Crippen LogP) is 2.74. The number of isocyanates is 2. The van der Waals surface area contributed by atoms with E-state index in [-0.39, 0.29) is 7.43 Å². The maximum atomic E-state index is 8.35. The van der Waals surface area contributed by atoms with Crippen molar-refractivity contribution >= 4 is 12.2 Å². The van der Waals surface area contributed by atoms with E-state index in [0.717, 1.165) is 12.2 Å². The van der Waals surface area contributed by atoms with E-state index in [4.69, 9.17) is 20.4 Å². The molecule has 0 fully saturated rings. The summed E-state index contributed by atoms with van der Waals surface area (Å²) in [5.74, 6) is 0. The van der Waals surface area contributed by atoms with Gasteiger partial charge in [-0.25, -0.2) is 20.4 Å². The molecule has 0 aromatic heterocycles. The van der Waals surface area contributed by atoms with Crippen molar-refractivity contribution in [2.24, 2.45) is 0 Å². The summed E-state index contributed by atoms with van der Waals surface area (Å²) >= 11 is 0. The van der Waals surface area contributed by atoms with E-state index in [1.54, 1.807) is 0 Å². The lowest BCUT2D eigenvalue weighted by atomic mass is 10.1. The van der Waals surface area contributed by atoms with Crippen LogP contribution in [0.5, 0.6) is 0 Å². The molecule has 0 aliphatic heterocycles. The van der Waals surface area contributed by atoms with Gasteiger partial charge in [-0.15, -0.1) is 0 Å². The van der Waals surface area contributed by atoms with Crippen LogP contribution in [0, 0.1) is 24.7 Å². The molecule has 0 heterocycles. The molecule has 0 saturated carbocycles. The maximum absolute atomic E-state index is 8.35. The van der Waals surface area contributed by atoms with Gasteiger partial charge in [-0.3, -0.25) is 0 Å². The van der Waals surface area contributed by atoms with Gasteiger partial charge in [0.15, 0.2) is 0 Å². The van der Waals surface area contributed by atoms with E-state index < -0.39 is 0 Å². The third-order valence-corrected chi connectivity index (χ3v) is 1.43. The van der Waals surface area contributed by atoms with Gasteiger partial charge >= 0.3 is 0 Å². The number of hydrogen-bond donors (Lipinski definition) is 2. The second kappa shape index (κ2) is 14.5. The van der Waals surface area contributed by atoms with Crippen molar-refractivity contribution in [3.63, 3.8) is 0 Å². The van der Waals surface area contributed by atoms with Crippen LogP contribution >= 0.6 is 0 Å². The van der Waals surface area contributed by atoms with Gasteiger partial charge in [0, 0.05) is 0 Å². The van der Waals surface area contributed by atoms with Crippen molar-refractivity contribution in [2.75, 3.05) is 0 Å². The maximum Gasteiger partial charge on any atom is 0.231 e. The van der Waals surface area contributed by atoms with Gasteiger partial charge in [0.25, 0.3) is 0 Å². The number of nitrogens with one attached hydrogen (secondary N) is 2. The van der Waals surface area contributed by atoms with Crippen molar-refractivity contribution in [2.45, 2.75) is 21.3 Å². The topological polar surface area (TPSA) is 81.8 Å². The lowest BCUT2D eigenvalue weighted by Gasteiger charge is -1.93. The van der Waals surface area contributed by atoms with Crippen molar-refractivity contribution in [3.8, 4) is 0 Å². The van der Waals surface area contributed by atoms with Gasteiger partial charge < -0.3 is 0 Å². The molecular formula is C11H16N2O2. The molecule has 1 aromatic carbocycles. The van der Waals surface area contributed by atoms with E-state index in [0.29, 0.717) is 0 Å². The minimum Gasteiger partial charge on any atom is -0.222 e. The normalized spacial score (nSPS) is 6.00. The first-order valence-electron chi connectivity index (χ1n) is 3.74. The summed E-state index contributed by atoms with van der Waals surface area (Å²) in [5.41, 5.74) is 2.74. The molecule has 4 heteroatoms. The summed E-state index contributed by atoms with van der Waals surface area (Å²) in [7, 11) is 0. The number of aryl methyl sites for hydroxylation is 2. The second-order valence-corrected chi connectivity index (χ2v) is 2.29. The van der Waals surface area contributed by atoms with Gasteiger partial charge in [-0.05, 0) is 25.0 Å². The highest BCUT2D eigenvalue weighted by Gasteiger charge is 1.83. The fourth-order valence-electron chi connectivity index (χ4n) is 0.663. The number of benzene rings is 1. The summed E-state index contributed by atoms with van der Waals surface area (Å²) < 4.78 is 0. The van der Waals surface area contributed by atoms with Gasteiger partial charge in [0.05, 0.1) is 0 Å². The zero-order chi connectivity index (χ0) is 11.4. The molecule has 82 valence electrons. The van der Waals surface area contributed by atoms with Gasteiger partial charge in [-0.1, -0.05) is 31.7 Å². The van der Waals surface area contributed by atoms with Crippen LogP contribution in [0.15, 0.2) is 24.3 Å². The molecular weight excluding hydrogens is 192 g/mol. The summed E-state index contributed by atoms with van der Waals surface area (Å²) in [4.78, 5) is 16.7. The average molecular weight is 208 g/mol. The van der Waals surface area contributed by atoms with Crippen LogP contribution in [0.3, 0.4) is 0 Å². The van der Waals surface area contributed by atoms with E-state index in [1.807, 2.05) is 0 Å². The highest BCUT2D eigenvalue weighted by molar-refractivity contribution is 5.26. The van der Waals surface area contributed by atoms with Crippen molar-refractivity contribution in [3.05, 3.63) is 35.4 Å². The Bertz CT molecular complexity index is 290. The molecule has 1 aromatic rings. The van der Waals surface area contributed by atoms with E-state index in [2.05, 4.69) is 38.1 Å². The first-order chi connectivity index (χ1) is 6.63. The highest BCUT2D eigenvalue weighted by Crippen LogP contribution is 2.02. The Morgan fingerprint density at radius 2 is 1.13 bits per heavy atom. The van der Waals surface area contributed by atoms with Crippen LogP contribution in [-0.2, 0) is 9.59 Å². The summed E-state index contributed by atoms with van der Waals surface area (Å²) in [6.07, 6.45) is 1.50. The first-order valence-corrected chi connectivity index (χ1v) is 3.74. The fraction of sp³-hybridized carbons (Fsp3) is 0.273. The Labute approximate surface area is 90.0 Å². The number of rotatable bonds is 0. The molecule has 15 heavy (non-hydrogen) atoms. The predicted molar refractivity (Wildman–Crippen MR) is 59.5 cm³/mol. The van der Waals surface area contributed by atoms with E-state index in [9.17, 15) is 0 Å². The monoisotopic (exact) mass is 208 g/mol. The third kappa shape index (κ3) is 14.8. The zero-order valence-electron chi connectivity index (χ0n) is 8.13. The first kappa shape index (κ1) is 18.7. The standard InChI is InChI=1S/C8H10.2CHNO.CH4/c1-7-5-3-4-6-8(7)2;2*2-1-3;/h3-6H,1-2H3;2*2H;1H4. The Morgan fingerprint density at radius 1 is 0.933 bits per heavy atom. The molecule has 0 aliphatic rings. The van der Waals surface area contributed by atoms with Crippen LogP contribution in [-0.4, -0.2) is 12.2 Å². The minimum absolute atomic E-state index is 0. The van der Waals surface area contributed by atoms with Crippen LogP contribution in [0.4, 0.5) is 0 Å². The quantitative estimate of drug-likeness (QED) is 0.507. The van der Waals surface area contributed by atoms with Crippen LogP contribution < -0.4 is 0 Å². The molecule has 0 atom stereocenters. The highest BCUT2D eigenvalue weighted by atomic mass is 16.1. The average Bonchev–Trinajstić information content (AvgIpc) is 2.13. The Hall–Kier alpha value is -2.02. The SMILES string of the molecule is C.Cc1ccccc1C.N=C=O.N=C=O. The Morgan fingerprint density at radius 3 is 1.27 bits per heavy atom. The molecule has 1 rings (SSSR count). The largest absolute Gasteiger partial charge is 0.231 e.